The van der Waals surface area contributed by atoms with Gasteiger partial charge in [0.05, 0.1) is 10.0 Å². The zero-order valence-electron chi connectivity index (χ0n) is 54.9. The van der Waals surface area contributed by atoms with Crippen molar-refractivity contribution in [3.8, 4) is 46.1 Å². The largest absolute Gasteiger partial charge is 0.444 e. The fraction of sp³-hybridized carbons (Fsp3) is 0.603. The van der Waals surface area contributed by atoms with E-state index >= 15 is 0 Å². The van der Waals surface area contributed by atoms with Gasteiger partial charge in [-0.15, -0.1) is 70.0 Å². The van der Waals surface area contributed by atoms with Crippen LogP contribution in [0.4, 0.5) is 19.2 Å². The number of terminal acetylenes is 2. The maximum Gasteiger partial charge on any atom is 0.414 e. The number of ether oxygens (including phenoxy) is 4. The molecule has 0 unspecified atom stereocenters. The van der Waals surface area contributed by atoms with Crippen molar-refractivity contribution in [1.29, 1.82) is 0 Å². The average molecular weight is 1340 g/mol. The second-order valence-electron chi connectivity index (χ2n) is 24.2. The summed E-state index contributed by atoms with van der Waals surface area (Å²) in [6.07, 6.45) is 17.6. The lowest BCUT2D eigenvalue weighted by Crippen LogP contribution is -2.47. The maximum atomic E-state index is 12.7. The first kappa shape index (κ1) is 79.7. The van der Waals surface area contributed by atoms with Gasteiger partial charge in [-0.05, 0) is 128 Å². The monoisotopic (exact) mass is 1340 g/mol. The number of nitrogens with zero attached hydrogens (tertiary/aromatic N) is 5. The summed E-state index contributed by atoms with van der Waals surface area (Å²) in [5.41, 5.74) is 5.25. The fourth-order valence-electron chi connectivity index (χ4n) is 7.05. The third-order valence-electron chi connectivity index (χ3n) is 11.1. The van der Waals surface area contributed by atoms with Gasteiger partial charge >= 0.3 is 24.4 Å². The quantitative estimate of drug-likeness (QED) is 0.00637. The number of thiazole rings is 4. The predicted molar refractivity (Wildman–Crippen MR) is 359 cm³/mol. The summed E-state index contributed by atoms with van der Waals surface area (Å²) < 4.78 is 20.7. The molecule has 4 aromatic rings. The van der Waals surface area contributed by atoms with Crippen LogP contribution in [-0.4, -0.2) is 135 Å². The van der Waals surface area contributed by atoms with Crippen LogP contribution < -0.4 is 37.6 Å². The van der Waals surface area contributed by atoms with Crippen LogP contribution >= 0.6 is 45.3 Å². The van der Waals surface area contributed by atoms with Crippen LogP contribution in [0.15, 0.2) is 26.5 Å². The number of aromatic nitrogens is 4. The van der Waals surface area contributed by atoms with Gasteiger partial charge in [-0.1, -0.05) is 12.8 Å². The number of carbonyl (C=O) groups is 8. The second kappa shape index (κ2) is 41.9. The van der Waals surface area contributed by atoms with Crippen molar-refractivity contribution in [2.24, 2.45) is 10.7 Å². The molecule has 91 heavy (non-hydrogen) atoms. The molecule has 0 saturated heterocycles. The number of rotatable bonds is 30. The van der Waals surface area contributed by atoms with Crippen molar-refractivity contribution in [2.45, 2.75) is 208 Å². The number of hydrogen-bond donors (Lipinski definition) is 7. The molecule has 0 aliphatic rings. The van der Waals surface area contributed by atoms with Crippen LogP contribution in [0.25, 0.3) is 21.4 Å². The van der Waals surface area contributed by atoms with Gasteiger partial charge in [-0.25, -0.2) is 39.1 Å². The lowest BCUT2D eigenvalue weighted by Gasteiger charge is -2.22. The molecule has 0 bridgehead atoms. The first-order valence-corrected chi connectivity index (χ1v) is 33.8. The molecule has 0 aromatic carbocycles. The molecule has 0 spiro atoms. The van der Waals surface area contributed by atoms with Gasteiger partial charge in [0.1, 0.15) is 55.2 Å². The van der Waals surface area contributed by atoms with E-state index in [1.54, 1.807) is 52.3 Å². The van der Waals surface area contributed by atoms with Crippen molar-refractivity contribution < 1.29 is 57.3 Å². The highest BCUT2D eigenvalue weighted by Gasteiger charge is 2.23. The highest BCUT2D eigenvalue weighted by Crippen LogP contribution is 2.28. The van der Waals surface area contributed by atoms with Crippen molar-refractivity contribution in [3.63, 3.8) is 0 Å². The molecular formula is C63H94N12O12S4. The molecule has 0 radical (unpaired) electrons. The normalized spacial score (nSPS) is 11.1. The number of Topliss-reactive ketones (excluding diaryl/α,β-unsaturated/α-hetero) is 2. The number of unbranched alkanes of at least 4 members (excludes halogenated alkanes) is 5. The van der Waals surface area contributed by atoms with Gasteiger partial charge in [0, 0.05) is 106 Å². The standard InChI is InChI=1S/C30H42N6O6S2.C24H32N4O4S2.C9H20N2O2/c1-8-9-14-23(38)31-17-15-24-33-21(19-43-24)25-34-20(18-44-25)22(37)13-11-10-12-16-32-26(35-27(39)41-29(2,3)4)36-28(40)42-30(5,6)7;1-5-6-11-20(30)25-14-12-21-27-18(16-33-21)22-28-17(15-34-22)19(29)10-8-7-9-13-26-23(31)32-24(2,3)4;1-9(2,3)13-8(12)11-7-5-4-6-10/h1,18-19H,9-17H2,2-7H3,(H,31,38)(H2,32,35,36,39,40);1,15-16H,6-14H2,2-4H3,(H,25,30)(H,26,31);4-7,10H2,1-3H3,(H,11,12). The Hall–Kier alpha value is -7.37. The molecule has 6 amide bonds. The summed E-state index contributed by atoms with van der Waals surface area (Å²) in [6.45, 7) is 24.4. The van der Waals surface area contributed by atoms with Crippen molar-refractivity contribution in [1.82, 2.24) is 51.8 Å². The Bertz CT molecular complexity index is 3010. The number of nitrogens with one attached hydrogen (secondary N) is 6. The number of hydrogen-bond acceptors (Lipinski definition) is 22. The number of guanidine groups is 1. The molecular weight excluding hydrogens is 1250 g/mol. The molecule has 0 atom stereocenters. The van der Waals surface area contributed by atoms with E-state index in [0.29, 0.717) is 137 Å². The van der Waals surface area contributed by atoms with Crippen molar-refractivity contribution >= 4 is 99.1 Å². The van der Waals surface area contributed by atoms with E-state index in [-0.39, 0.29) is 35.4 Å². The van der Waals surface area contributed by atoms with E-state index < -0.39 is 40.7 Å². The zero-order valence-corrected chi connectivity index (χ0v) is 58.1. The maximum absolute atomic E-state index is 12.7. The van der Waals surface area contributed by atoms with Crippen LogP contribution in [-0.2, 0) is 41.4 Å². The lowest BCUT2D eigenvalue weighted by atomic mass is 10.1. The SMILES string of the molecule is C#CCCC(=O)NCCc1nc(-c2nc(C(=O)CCCCCN=C(NC(=O)OC(C)(C)C)NC(=O)OC(C)(C)C)cs2)cs1.C#CCCC(=O)NCCc1nc(-c2nc(C(=O)CCCCCNC(=O)OC(C)(C)C)cs2)cs1.CC(C)(C)OC(=O)NCCCCN. The molecule has 4 heterocycles. The third-order valence-corrected chi connectivity index (χ3v) is 14.6. The fourth-order valence-corrected chi connectivity index (χ4v) is 10.3. The van der Waals surface area contributed by atoms with E-state index in [0.717, 1.165) is 47.8 Å². The molecule has 4 aromatic heterocycles. The molecule has 0 saturated carbocycles. The Balaban J connectivity index is 0.000000529. The summed E-state index contributed by atoms with van der Waals surface area (Å²) >= 11 is 5.75. The van der Waals surface area contributed by atoms with E-state index in [1.807, 2.05) is 52.3 Å². The van der Waals surface area contributed by atoms with Crippen LogP contribution in [0, 0.1) is 24.7 Å². The molecule has 0 aliphatic carbocycles. The Morgan fingerprint density at radius 3 is 1.24 bits per heavy atom. The Labute approximate surface area is 552 Å². The smallest absolute Gasteiger partial charge is 0.414 e. The summed E-state index contributed by atoms with van der Waals surface area (Å²) in [5, 5.41) is 26.4. The molecule has 0 fully saturated rings. The predicted octanol–water partition coefficient (Wildman–Crippen LogP) is 11.3. The highest BCUT2D eigenvalue weighted by atomic mass is 32.1. The minimum absolute atomic E-state index is 0.00716. The van der Waals surface area contributed by atoms with Crippen LogP contribution in [0.5, 0.6) is 0 Å². The number of amides is 6. The average Bonchev–Trinajstić information content (AvgIpc) is 3.38. The number of ketones is 2. The summed E-state index contributed by atoms with van der Waals surface area (Å²) in [6, 6.07) is 0. The number of nitrogens with two attached hydrogens (primary N) is 1. The summed E-state index contributed by atoms with van der Waals surface area (Å²) in [7, 11) is 0. The third kappa shape index (κ3) is 39.5. The molecule has 28 heteroatoms. The van der Waals surface area contributed by atoms with Crippen molar-refractivity contribution in [2.75, 3.05) is 39.3 Å². The Morgan fingerprint density at radius 2 is 0.857 bits per heavy atom. The van der Waals surface area contributed by atoms with Gasteiger partial charge < -0.3 is 45.9 Å². The zero-order chi connectivity index (χ0) is 68.0. The van der Waals surface area contributed by atoms with E-state index in [4.69, 9.17) is 37.5 Å². The van der Waals surface area contributed by atoms with Gasteiger partial charge in [-0.3, -0.25) is 34.8 Å². The van der Waals surface area contributed by atoms with Crippen LogP contribution in [0.1, 0.15) is 204 Å². The molecule has 24 nitrogen and oxygen atoms in total. The number of aliphatic imine (C=N–C) groups is 1. The topological polar surface area (TPSA) is 336 Å². The highest BCUT2D eigenvalue weighted by molar-refractivity contribution is 7.14. The summed E-state index contributed by atoms with van der Waals surface area (Å²) in [5.74, 6) is 4.63. The minimum atomic E-state index is -0.755. The van der Waals surface area contributed by atoms with Crippen LogP contribution in [0.2, 0.25) is 0 Å². The van der Waals surface area contributed by atoms with Gasteiger partial charge in [0.25, 0.3) is 0 Å². The van der Waals surface area contributed by atoms with Crippen molar-refractivity contribution in [3.05, 3.63) is 42.9 Å². The number of carbonyl (C=O) groups excluding carboxylic acids is 8. The molecule has 0 aliphatic heterocycles. The summed E-state index contributed by atoms with van der Waals surface area (Å²) in [4.78, 5) is 118. The van der Waals surface area contributed by atoms with E-state index in [2.05, 4.69) is 68.7 Å². The Kier molecular flexibility index (Phi) is 36.7. The van der Waals surface area contributed by atoms with Gasteiger partial charge in [0.2, 0.25) is 17.8 Å². The molecule has 8 N–H and O–H groups in total. The van der Waals surface area contributed by atoms with Gasteiger partial charge in [0.15, 0.2) is 11.6 Å². The lowest BCUT2D eigenvalue weighted by molar-refractivity contribution is -0.121. The molecule has 4 rings (SSSR count). The number of alkyl carbamates (subject to hydrolysis) is 4. The van der Waals surface area contributed by atoms with Crippen LogP contribution in [0.3, 0.4) is 0 Å². The van der Waals surface area contributed by atoms with E-state index in [9.17, 15) is 38.4 Å². The first-order valence-electron chi connectivity index (χ1n) is 30.2. The first-order chi connectivity index (χ1) is 42.8. The second-order valence-corrected chi connectivity index (χ2v) is 27.8. The molecule has 502 valence electrons. The van der Waals surface area contributed by atoms with E-state index in [1.165, 1.54) is 45.3 Å². The Morgan fingerprint density at radius 1 is 0.473 bits per heavy atom. The van der Waals surface area contributed by atoms with Gasteiger partial charge in [-0.2, -0.15) is 0 Å². The minimum Gasteiger partial charge on any atom is -0.444 e.